The Bertz CT molecular complexity index is 852. The highest BCUT2D eigenvalue weighted by atomic mass is 19.1. The monoisotopic (exact) mass is 447 g/mol. The molecule has 0 atom stereocenters. The predicted octanol–water partition coefficient (Wildman–Crippen LogP) is 3.67. The van der Waals surface area contributed by atoms with Crippen LogP contribution in [0, 0.1) is 11.7 Å². The molecule has 2 N–H and O–H groups in total. The third-order valence-electron chi connectivity index (χ3n) is 6.75. The van der Waals surface area contributed by atoms with Crippen molar-refractivity contribution in [2.24, 2.45) is 5.92 Å². The Hall–Kier alpha value is -2.19. The molecule has 1 heterocycles. The number of ether oxygens (including phenoxy) is 2. The van der Waals surface area contributed by atoms with E-state index in [1.165, 1.54) is 23.8 Å². The van der Waals surface area contributed by atoms with Crippen molar-refractivity contribution >= 4 is 11.9 Å². The largest absolute Gasteiger partial charge is 0.490 e. The summed E-state index contributed by atoms with van der Waals surface area (Å²) in [4.78, 5) is 25.0. The Morgan fingerprint density at radius 2 is 1.97 bits per heavy atom. The second-order valence-corrected chi connectivity index (χ2v) is 9.75. The molecule has 32 heavy (non-hydrogen) atoms. The van der Waals surface area contributed by atoms with Crippen molar-refractivity contribution in [2.75, 3.05) is 26.5 Å². The number of unbranched alkanes of at least 4 members (excludes halogenated alkanes) is 2. The standard InChI is InChI=1S/C24H34FN3O4/c1-23(2)21(29)27-22(30)28(23)16-31-13-5-3-4-12-26-24(10-11-24)18-8-9-19(25)20(14-18)32-15-17-6-7-17/h8-9,14,17,26H,3-7,10-13,15-16H2,1-2H3,(H,27,29,30). The van der Waals surface area contributed by atoms with Gasteiger partial charge in [-0.25, -0.2) is 9.18 Å². The van der Waals surface area contributed by atoms with Gasteiger partial charge in [-0.15, -0.1) is 0 Å². The molecule has 1 aromatic carbocycles. The number of imide groups is 1. The van der Waals surface area contributed by atoms with Crippen molar-refractivity contribution < 1.29 is 23.5 Å². The van der Waals surface area contributed by atoms with Gasteiger partial charge in [-0.1, -0.05) is 6.07 Å². The number of carbonyl (C=O) groups excluding carboxylic acids is 2. The molecule has 0 bridgehead atoms. The number of urea groups is 1. The van der Waals surface area contributed by atoms with E-state index in [1.54, 1.807) is 13.8 Å². The van der Waals surface area contributed by atoms with Gasteiger partial charge in [0.2, 0.25) is 0 Å². The molecule has 3 fully saturated rings. The number of nitrogens with zero attached hydrogens (tertiary/aromatic N) is 1. The zero-order valence-corrected chi connectivity index (χ0v) is 19.0. The minimum Gasteiger partial charge on any atom is -0.490 e. The summed E-state index contributed by atoms with van der Waals surface area (Å²) in [5, 5.41) is 5.96. The number of rotatable bonds is 13. The number of hydrogen-bond donors (Lipinski definition) is 2. The summed E-state index contributed by atoms with van der Waals surface area (Å²) in [7, 11) is 0. The van der Waals surface area contributed by atoms with Gasteiger partial charge in [0.15, 0.2) is 11.6 Å². The Kier molecular flexibility index (Phi) is 6.72. The fourth-order valence-corrected chi connectivity index (χ4v) is 4.00. The zero-order chi connectivity index (χ0) is 22.8. The average Bonchev–Trinajstić information content (AvgIpc) is 3.66. The maximum absolute atomic E-state index is 14.1. The lowest BCUT2D eigenvalue weighted by molar-refractivity contribution is -0.126. The van der Waals surface area contributed by atoms with E-state index in [0.29, 0.717) is 24.9 Å². The summed E-state index contributed by atoms with van der Waals surface area (Å²) in [6.45, 7) is 5.56. The molecule has 8 heteroatoms. The Morgan fingerprint density at radius 1 is 1.19 bits per heavy atom. The summed E-state index contributed by atoms with van der Waals surface area (Å²) < 4.78 is 25.4. The van der Waals surface area contributed by atoms with Crippen LogP contribution < -0.4 is 15.4 Å². The number of nitrogens with one attached hydrogen (secondary N) is 2. The van der Waals surface area contributed by atoms with Crippen LogP contribution in [0.25, 0.3) is 0 Å². The molecule has 1 aliphatic heterocycles. The number of amides is 3. The summed E-state index contributed by atoms with van der Waals surface area (Å²) >= 11 is 0. The van der Waals surface area contributed by atoms with Gasteiger partial charge in [-0.05, 0) is 89.0 Å². The molecule has 2 aliphatic carbocycles. The first-order valence-electron chi connectivity index (χ1n) is 11.7. The molecule has 0 spiro atoms. The normalized spacial score (nSPS) is 21.0. The van der Waals surface area contributed by atoms with Crippen LogP contribution in [0.4, 0.5) is 9.18 Å². The van der Waals surface area contributed by atoms with Crippen LogP contribution in [0.5, 0.6) is 5.75 Å². The van der Waals surface area contributed by atoms with Gasteiger partial charge in [0.05, 0.1) is 6.61 Å². The number of halogens is 1. The average molecular weight is 448 g/mol. The van der Waals surface area contributed by atoms with E-state index in [-0.39, 0.29) is 24.0 Å². The van der Waals surface area contributed by atoms with Gasteiger partial charge in [0.1, 0.15) is 12.3 Å². The highest BCUT2D eigenvalue weighted by Crippen LogP contribution is 2.46. The van der Waals surface area contributed by atoms with Crippen molar-refractivity contribution in [3.8, 4) is 5.75 Å². The van der Waals surface area contributed by atoms with Crippen molar-refractivity contribution in [1.82, 2.24) is 15.5 Å². The molecule has 3 amide bonds. The van der Waals surface area contributed by atoms with Gasteiger partial charge in [0, 0.05) is 12.1 Å². The lowest BCUT2D eigenvalue weighted by Gasteiger charge is -2.27. The number of benzene rings is 1. The molecule has 0 unspecified atom stereocenters. The van der Waals surface area contributed by atoms with E-state index in [1.807, 2.05) is 12.1 Å². The lowest BCUT2D eigenvalue weighted by Crippen LogP contribution is -2.45. The molecule has 0 aromatic heterocycles. The molecular weight excluding hydrogens is 413 g/mol. The third kappa shape index (κ3) is 5.23. The number of hydrogen-bond acceptors (Lipinski definition) is 5. The molecule has 2 saturated carbocycles. The van der Waals surface area contributed by atoms with Gasteiger partial charge in [0.25, 0.3) is 5.91 Å². The van der Waals surface area contributed by atoms with Gasteiger partial charge < -0.3 is 14.8 Å². The SMILES string of the molecule is CC1(C)C(=O)NC(=O)N1COCCCCCNC1(c2ccc(F)c(OCC3CC3)c2)CC1. The quantitative estimate of drug-likeness (QED) is 0.356. The maximum atomic E-state index is 14.1. The van der Waals surface area contributed by atoms with E-state index in [0.717, 1.165) is 44.2 Å². The van der Waals surface area contributed by atoms with E-state index in [2.05, 4.69) is 10.6 Å². The van der Waals surface area contributed by atoms with Crippen LogP contribution in [0.1, 0.15) is 64.4 Å². The first kappa shape index (κ1) is 23.0. The minimum absolute atomic E-state index is 0.0525. The van der Waals surface area contributed by atoms with Crippen molar-refractivity contribution in [1.29, 1.82) is 0 Å². The van der Waals surface area contributed by atoms with E-state index in [4.69, 9.17) is 9.47 Å². The molecule has 1 saturated heterocycles. The molecule has 0 radical (unpaired) electrons. The number of carbonyl (C=O) groups is 2. The van der Waals surface area contributed by atoms with Gasteiger partial charge in [-0.2, -0.15) is 0 Å². The highest BCUT2D eigenvalue weighted by molar-refractivity contribution is 6.06. The molecule has 4 rings (SSSR count). The summed E-state index contributed by atoms with van der Waals surface area (Å²) in [5.41, 5.74) is 0.181. The van der Waals surface area contributed by atoms with Crippen LogP contribution in [-0.4, -0.2) is 48.9 Å². The second kappa shape index (κ2) is 9.35. The Balaban J connectivity index is 1.13. The van der Waals surface area contributed by atoms with Gasteiger partial charge >= 0.3 is 6.03 Å². The molecule has 7 nitrogen and oxygen atoms in total. The smallest absolute Gasteiger partial charge is 0.326 e. The van der Waals surface area contributed by atoms with Crippen LogP contribution in [0.3, 0.4) is 0 Å². The van der Waals surface area contributed by atoms with E-state index >= 15 is 0 Å². The minimum atomic E-state index is -0.872. The molecular formula is C24H34FN3O4. The van der Waals surface area contributed by atoms with Crippen molar-refractivity contribution in [3.05, 3.63) is 29.6 Å². The topological polar surface area (TPSA) is 79.9 Å². The Labute approximate surface area is 189 Å². The summed E-state index contributed by atoms with van der Waals surface area (Å²) in [6, 6.07) is 4.85. The van der Waals surface area contributed by atoms with Crippen LogP contribution in [-0.2, 0) is 15.1 Å². The predicted molar refractivity (Wildman–Crippen MR) is 118 cm³/mol. The lowest BCUT2D eigenvalue weighted by atomic mass is 10.0. The van der Waals surface area contributed by atoms with Crippen LogP contribution >= 0.6 is 0 Å². The molecule has 1 aromatic rings. The zero-order valence-electron chi connectivity index (χ0n) is 19.0. The van der Waals surface area contributed by atoms with Crippen LogP contribution in [0.2, 0.25) is 0 Å². The highest BCUT2D eigenvalue weighted by Gasteiger charge is 2.45. The first-order valence-corrected chi connectivity index (χ1v) is 11.7. The van der Waals surface area contributed by atoms with Crippen molar-refractivity contribution in [3.63, 3.8) is 0 Å². The van der Waals surface area contributed by atoms with E-state index < -0.39 is 11.6 Å². The fraction of sp³-hybridized carbons (Fsp3) is 0.667. The first-order chi connectivity index (χ1) is 15.3. The van der Waals surface area contributed by atoms with Gasteiger partial charge in [-0.3, -0.25) is 15.0 Å². The summed E-state index contributed by atoms with van der Waals surface area (Å²) in [6.07, 6.45) is 7.36. The maximum Gasteiger partial charge on any atom is 0.326 e. The Morgan fingerprint density at radius 3 is 2.62 bits per heavy atom. The molecule has 3 aliphatic rings. The third-order valence-corrected chi connectivity index (χ3v) is 6.75. The summed E-state index contributed by atoms with van der Waals surface area (Å²) in [5.74, 6) is 0.381. The molecule has 176 valence electrons. The van der Waals surface area contributed by atoms with Crippen LogP contribution in [0.15, 0.2) is 18.2 Å². The second-order valence-electron chi connectivity index (χ2n) is 9.75. The van der Waals surface area contributed by atoms with Crippen molar-refractivity contribution in [2.45, 2.75) is 69.9 Å². The van der Waals surface area contributed by atoms with E-state index in [9.17, 15) is 14.0 Å². The fourth-order valence-electron chi connectivity index (χ4n) is 4.00.